The van der Waals surface area contributed by atoms with Gasteiger partial charge in [-0.15, -0.1) is 0 Å². The molecule has 19 heavy (non-hydrogen) atoms. The average Bonchev–Trinajstić information content (AvgIpc) is 2.34. The van der Waals surface area contributed by atoms with E-state index in [2.05, 4.69) is 4.74 Å². The number of hydrogen-bond donors (Lipinski definition) is 2. The van der Waals surface area contributed by atoms with Crippen molar-refractivity contribution in [3.05, 3.63) is 0 Å². The molecule has 1 aliphatic rings. The number of carboxylic acid groups (broad SMARTS) is 1. The molecule has 1 unspecified atom stereocenters. The second kappa shape index (κ2) is 5.75. The minimum absolute atomic E-state index is 0.192. The quantitative estimate of drug-likeness (QED) is 0.701. The van der Waals surface area contributed by atoms with E-state index < -0.39 is 30.3 Å². The first-order valence-corrected chi connectivity index (χ1v) is 6.14. The van der Waals surface area contributed by atoms with Crippen LogP contribution in [0.25, 0.3) is 0 Å². The van der Waals surface area contributed by atoms with Crippen molar-refractivity contribution in [3.63, 3.8) is 0 Å². The molecule has 3 atom stereocenters. The molecule has 1 fully saturated rings. The molecule has 3 N–H and O–H groups in total. The molecule has 1 saturated heterocycles. The Morgan fingerprint density at radius 2 is 2.05 bits per heavy atom. The van der Waals surface area contributed by atoms with E-state index in [4.69, 9.17) is 10.5 Å². The third kappa shape index (κ3) is 3.36. The van der Waals surface area contributed by atoms with Gasteiger partial charge < -0.3 is 20.3 Å². The maximum absolute atomic E-state index is 11.6. The molecule has 7 nitrogen and oxygen atoms in total. The lowest BCUT2D eigenvalue weighted by Gasteiger charge is -2.46. The van der Waals surface area contributed by atoms with E-state index in [1.54, 1.807) is 0 Å². The molecule has 1 amide bonds. The van der Waals surface area contributed by atoms with Crippen LogP contribution in [0.15, 0.2) is 0 Å². The van der Waals surface area contributed by atoms with E-state index in [1.165, 1.54) is 12.0 Å². The Morgan fingerprint density at radius 1 is 1.47 bits per heavy atom. The number of nitrogens with zero attached hydrogens (tertiary/aromatic N) is 1. The summed E-state index contributed by atoms with van der Waals surface area (Å²) in [5, 5.41) is 9.26. The van der Waals surface area contributed by atoms with Crippen molar-refractivity contribution in [1.29, 1.82) is 0 Å². The highest BCUT2D eigenvalue weighted by atomic mass is 16.5. The molecule has 110 valence electrons. The number of carbonyl (C=O) groups is 2. The van der Waals surface area contributed by atoms with Gasteiger partial charge in [-0.05, 0) is 5.41 Å². The number of hydrogen-bond acceptors (Lipinski definition) is 5. The highest BCUT2D eigenvalue weighted by Gasteiger charge is 2.47. The lowest BCUT2D eigenvalue weighted by Crippen LogP contribution is -2.65. The van der Waals surface area contributed by atoms with E-state index in [0.29, 0.717) is 6.61 Å². The van der Waals surface area contributed by atoms with E-state index in [9.17, 15) is 14.7 Å². The summed E-state index contributed by atoms with van der Waals surface area (Å²) in [6.45, 7) is 6.23. The van der Waals surface area contributed by atoms with Gasteiger partial charge in [0.2, 0.25) is 0 Å². The van der Waals surface area contributed by atoms with Gasteiger partial charge in [0.1, 0.15) is 6.04 Å². The van der Waals surface area contributed by atoms with Crippen molar-refractivity contribution in [2.24, 2.45) is 11.1 Å². The monoisotopic (exact) mass is 274 g/mol. The largest absolute Gasteiger partial charge is 0.468 e. The number of morpholine rings is 1. The van der Waals surface area contributed by atoms with Crippen molar-refractivity contribution in [2.75, 3.05) is 20.3 Å². The molecule has 0 aromatic heterocycles. The summed E-state index contributed by atoms with van der Waals surface area (Å²) in [6, 6.07) is -1.82. The Labute approximate surface area is 112 Å². The molecule has 1 aliphatic heterocycles. The predicted molar refractivity (Wildman–Crippen MR) is 67.7 cm³/mol. The lowest BCUT2D eigenvalue weighted by molar-refractivity contribution is -0.153. The first kappa shape index (κ1) is 15.7. The topological polar surface area (TPSA) is 102 Å². The van der Waals surface area contributed by atoms with Crippen LogP contribution in [0.2, 0.25) is 0 Å². The van der Waals surface area contributed by atoms with Gasteiger partial charge in [-0.25, -0.2) is 4.79 Å². The smallest absolute Gasteiger partial charge is 0.407 e. The number of methoxy groups -OCH3 is 1. The molecule has 1 rings (SSSR count). The van der Waals surface area contributed by atoms with Crippen molar-refractivity contribution in [2.45, 2.75) is 39.0 Å². The van der Waals surface area contributed by atoms with Gasteiger partial charge in [0.25, 0.3) is 0 Å². The maximum Gasteiger partial charge on any atom is 0.407 e. The van der Waals surface area contributed by atoms with Gasteiger partial charge >= 0.3 is 12.1 Å². The van der Waals surface area contributed by atoms with Crippen LogP contribution in [0.4, 0.5) is 4.79 Å². The second-order valence-electron chi connectivity index (χ2n) is 5.67. The summed E-state index contributed by atoms with van der Waals surface area (Å²) >= 11 is 0. The summed E-state index contributed by atoms with van der Waals surface area (Å²) in [6.07, 6.45) is -1.58. The van der Waals surface area contributed by atoms with Gasteiger partial charge in [-0.3, -0.25) is 9.69 Å². The molecule has 0 bridgehead atoms. The fraction of sp³-hybridized carbons (Fsp3) is 0.833. The normalized spacial score (nSPS) is 25.8. The van der Waals surface area contributed by atoms with Crippen LogP contribution in [-0.2, 0) is 14.3 Å². The molecule has 0 aliphatic carbocycles. The van der Waals surface area contributed by atoms with Crippen LogP contribution in [0.5, 0.6) is 0 Å². The van der Waals surface area contributed by atoms with Crippen LogP contribution in [-0.4, -0.2) is 60.5 Å². The first-order valence-electron chi connectivity index (χ1n) is 6.14. The van der Waals surface area contributed by atoms with Crippen molar-refractivity contribution >= 4 is 12.1 Å². The summed E-state index contributed by atoms with van der Waals surface area (Å²) in [4.78, 5) is 24.1. The first-order chi connectivity index (χ1) is 8.70. The molecule has 0 saturated carbocycles. The third-order valence-electron chi connectivity index (χ3n) is 3.24. The molecule has 1 heterocycles. The van der Waals surface area contributed by atoms with E-state index in [-0.39, 0.29) is 12.0 Å². The van der Waals surface area contributed by atoms with Crippen LogP contribution < -0.4 is 5.73 Å². The maximum atomic E-state index is 11.6. The molecular formula is C12H22N2O5. The summed E-state index contributed by atoms with van der Waals surface area (Å²) in [5.74, 6) is -0.643. The number of ether oxygens (including phenoxy) is 2. The van der Waals surface area contributed by atoms with E-state index >= 15 is 0 Å². The fourth-order valence-electron chi connectivity index (χ4n) is 2.33. The van der Waals surface area contributed by atoms with Crippen LogP contribution >= 0.6 is 0 Å². The van der Waals surface area contributed by atoms with Crippen LogP contribution in [0.1, 0.15) is 20.8 Å². The van der Waals surface area contributed by atoms with Crippen molar-refractivity contribution in [1.82, 2.24) is 4.90 Å². The van der Waals surface area contributed by atoms with Gasteiger partial charge in [-0.2, -0.15) is 0 Å². The zero-order chi connectivity index (χ0) is 14.8. The Hall–Kier alpha value is -1.34. The fourth-order valence-corrected chi connectivity index (χ4v) is 2.33. The Bertz CT molecular complexity index is 353. The summed E-state index contributed by atoms with van der Waals surface area (Å²) in [5.41, 5.74) is 5.52. The van der Waals surface area contributed by atoms with Crippen molar-refractivity contribution < 1.29 is 24.2 Å². The molecular weight excluding hydrogens is 252 g/mol. The highest BCUT2D eigenvalue weighted by molar-refractivity contribution is 5.78. The zero-order valence-electron chi connectivity index (χ0n) is 11.8. The van der Waals surface area contributed by atoms with E-state index in [1.807, 2.05) is 20.8 Å². The molecule has 0 aromatic rings. The Kier molecular flexibility index (Phi) is 4.75. The second-order valence-corrected chi connectivity index (χ2v) is 5.67. The van der Waals surface area contributed by atoms with Gasteiger partial charge in [0.05, 0.1) is 25.9 Å². The summed E-state index contributed by atoms with van der Waals surface area (Å²) < 4.78 is 10.3. The Balaban J connectivity index is 3.09. The lowest BCUT2D eigenvalue weighted by atomic mass is 9.80. The average molecular weight is 274 g/mol. The minimum Gasteiger partial charge on any atom is -0.468 e. The predicted octanol–water partition coefficient (Wildman–Crippen LogP) is 0.280. The number of carbonyl (C=O) groups excluding carboxylic acids is 1. The summed E-state index contributed by atoms with van der Waals surface area (Å²) in [7, 11) is 1.23. The third-order valence-corrected chi connectivity index (χ3v) is 3.24. The zero-order valence-corrected chi connectivity index (χ0v) is 11.8. The van der Waals surface area contributed by atoms with Gasteiger partial charge in [-0.1, -0.05) is 20.8 Å². The minimum atomic E-state index is -1.11. The number of esters is 1. The number of nitrogens with two attached hydrogens (primary N) is 1. The van der Waals surface area contributed by atoms with Crippen LogP contribution in [0, 0.1) is 5.41 Å². The molecule has 0 radical (unpaired) electrons. The van der Waals surface area contributed by atoms with Crippen LogP contribution in [0.3, 0.4) is 0 Å². The number of amides is 1. The molecule has 0 aromatic carbocycles. The Morgan fingerprint density at radius 3 is 2.47 bits per heavy atom. The van der Waals surface area contributed by atoms with E-state index in [0.717, 1.165) is 0 Å². The van der Waals surface area contributed by atoms with Gasteiger partial charge in [0, 0.05) is 6.54 Å². The SMILES string of the molecule is COC(=O)[C@@H](N)C1[C@H](C(C)(C)C)OCCN1C(=O)O. The molecule has 0 spiro atoms. The van der Waals surface area contributed by atoms with Crippen molar-refractivity contribution in [3.8, 4) is 0 Å². The van der Waals surface area contributed by atoms with Gasteiger partial charge in [0.15, 0.2) is 0 Å². The standard InChI is InChI=1S/C12H22N2O5/c1-12(2,3)9-8(7(13)10(15)18-4)14(11(16)17)5-6-19-9/h7-9H,5-6,13H2,1-4H3,(H,16,17)/t7-,8?,9+/m0/s1. The number of rotatable bonds is 2. The highest BCUT2D eigenvalue weighted by Crippen LogP contribution is 2.31. The molecule has 7 heteroatoms.